The van der Waals surface area contributed by atoms with Gasteiger partial charge in [-0.1, -0.05) is 13.0 Å². The number of anilines is 2. The number of benzene rings is 1. The van der Waals surface area contributed by atoms with Crippen molar-refractivity contribution in [2.75, 3.05) is 30.8 Å². The van der Waals surface area contributed by atoms with Crippen LogP contribution in [0.15, 0.2) is 48.7 Å². The molecule has 0 saturated carbocycles. The first-order valence-electron chi connectivity index (χ1n) is 11.1. The first-order chi connectivity index (χ1) is 16.3. The van der Waals surface area contributed by atoms with Crippen molar-refractivity contribution in [2.24, 2.45) is 0 Å². The molecule has 7 nitrogen and oxygen atoms in total. The van der Waals surface area contributed by atoms with Gasteiger partial charge in [0.15, 0.2) is 0 Å². The zero-order valence-corrected chi connectivity index (χ0v) is 19.7. The molecular weight excluding hydrogens is 440 g/mol. The van der Waals surface area contributed by atoms with Gasteiger partial charge in [0.1, 0.15) is 11.6 Å². The van der Waals surface area contributed by atoms with Gasteiger partial charge in [0, 0.05) is 36.5 Å². The summed E-state index contributed by atoms with van der Waals surface area (Å²) in [7, 11) is 1.73. The van der Waals surface area contributed by atoms with Crippen molar-refractivity contribution in [3.8, 4) is 11.3 Å². The third-order valence-corrected chi connectivity index (χ3v) is 5.47. The van der Waals surface area contributed by atoms with Crippen LogP contribution in [0.1, 0.15) is 43.2 Å². The molecule has 0 fully saturated rings. The highest BCUT2D eigenvalue weighted by Gasteiger charge is 2.33. The van der Waals surface area contributed by atoms with Crippen molar-refractivity contribution in [3.05, 3.63) is 65.7 Å². The molecule has 0 aliphatic heterocycles. The van der Waals surface area contributed by atoms with Crippen LogP contribution in [-0.4, -0.2) is 47.5 Å². The van der Waals surface area contributed by atoms with Crippen LogP contribution in [0.2, 0.25) is 0 Å². The number of hydrogen-bond donors (Lipinski definition) is 2. The van der Waals surface area contributed by atoms with Gasteiger partial charge in [-0.2, -0.15) is 0 Å². The van der Waals surface area contributed by atoms with E-state index in [1.165, 1.54) is 25.3 Å². The number of nitrogens with one attached hydrogen (secondary N) is 2. The zero-order valence-electron chi connectivity index (χ0n) is 19.7. The van der Waals surface area contributed by atoms with Crippen LogP contribution >= 0.6 is 0 Å². The predicted octanol–water partition coefficient (Wildman–Crippen LogP) is 5.01. The van der Waals surface area contributed by atoms with Gasteiger partial charge in [-0.15, -0.1) is 10.2 Å². The van der Waals surface area contributed by atoms with E-state index in [4.69, 9.17) is 4.74 Å². The number of carbonyl (C=O) groups excluding carboxylic acids is 1. The minimum atomic E-state index is -1.14. The Morgan fingerprint density at radius 1 is 1.21 bits per heavy atom. The van der Waals surface area contributed by atoms with E-state index in [1.54, 1.807) is 45.2 Å². The van der Waals surface area contributed by atoms with E-state index >= 15 is 0 Å². The highest BCUT2D eigenvalue weighted by atomic mass is 19.1. The molecule has 2 heterocycles. The van der Waals surface area contributed by atoms with Crippen LogP contribution in [0.25, 0.3) is 11.3 Å². The van der Waals surface area contributed by atoms with Gasteiger partial charge >= 0.3 is 5.97 Å². The van der Waals surface area contributed by atoms with Crippen LogP contribution in [0, 0.1) is 5.82 Å². The van der Waals surface area contributed by atoms with E-state index in [1.807, 2.05) is 6.07 Å². The summed E-state index contributed by atoms with van der Waals surface area (Å²) < 4.78 is 33.5. The van der Waals surface area contributed by atoms with Gasteiger partial charge in [-0.3, -0.25) is 4.98 Å². The largest absolute Gasteiger partial charge is 0.462 e. The normalized spacial score (nSPS) is 13.6. The minimum absolute atomic E-state index is 0.0912. The summed E-state index contributed by atoms with van der Waals surface area (Å²) >= 11 is 0. The summed E-state index contributed by atoms with van der Waals surface area (Å²) in [6.45, 7) is 5.45. The van der Waals surface area contributed by atoms with E-state index < -0.39 is 23.4 Å². The second-order valence-corrected chi connectivity index (χ2v) is 8.27. The third-order valence-electron chi connectivity index (χ3n) is 5.47. The van der Waals surface area contributed by atoms with Crippen molar-refractivity contribution in [2.45, 2.75) is 38.8 Å². The lowest BCUT2D eigenvalue weighted by molar-refractivity contribution is 0.0527. The molecule has 0 spiro atoms. The van der Waals surface area contributed by atoms with Crippen LogP contribution in [0.4, 0.5) is 20.3 Å². The van der Waals surface area contributed by atoms with Crippen LogP contribution in [-0.2, 0) is 10.2 Å². The number of ether oxygens (including phenoxy) is 1. The number of halogens is 2. The molecule has 0 aliphatic rings. The number of nitrogens with zero attached hydrogens (tertiary/aromatic N) is 3. The molecule has 2 aromatic heterocycles. The SMILES string of the molecule is CCOC(=O)c1cc(-c2ccc(NC[C@](C)(C[C@H](C)F)c3ncccc3F)nn2)ccc1NC. The summed E-state index contributed by atoms with van der Waals surface area (Å²) in [5, 5.41) is 14.6. The van der Waals surface area contributed by atoms with Crippen LogP contribution < -0.4 is 10.6 Å². The van der Waals surface area contributed by atoms with Gasteiger partial charge in [0.25, 0.3) is 0 Å². The molecule has 3 aromatic rings. The molecule has 0 bridgehead atoms. The van der Waals surface area contributed by atoms with E-state index in [9.17, 15) is 13.6 Å². The molecule has 9 heteroatoms. The third kappa shape index (κ3) is 5.84. The Kier molecular flexibility index (Phi) is 8.09. The number of rotatable bonds is 10. The monoisotopic (exact) mass is 469 g/mol. The van der Waals surface area contributed by atoms with E-state index in [0.717, 1.165) is 0 Å². The van der Waals surface area contributed by atoms with Gasteiger partial charge in [0.2, 0.25) is 0 Å². The number of esters is 1. The second-order valence-electron chi connectivity index (χ2n) is 8.27. The number of hydrogen-bond acceptors (Lipinski definition) is 7. The van der Waals surface area contributed by atoms with Crippen LogP contribution in [0.3, 0.4) is 0 Å². The highest BCUT2D eigenvalue weighted by molar-refractivity contribution is 5.97. The van der Waals surface area contributed by atoms with Crippen molar-refractivity contribution in [1.82, 2.24) is 15.2 Å². The Bertz CT molecular complexity index is 1120. The fourth-order valence-electron chi connectivity index (χ4n) is 3.87. The molecule has 180 valence electrons. The summed E-state index contributed by atoms with van der Waals surface area (Å²) in [5.74, 6) is -0.449. The van der Waals surface area contributed by atoms with E-state index in [-0.39, 0.29) is 25.3 Å². The molecule has 0 aliphatic carbocycles. The Balaban J connectivity index is 1.80. The topological polar surface area (TPSA) is 89.0 Å². The first-order valence-corrected chi connectivity index (χ1v) is 11.1. The molecule has 2 atom stereocenters. The van der Waals surface area contributed by atoms with E-state index in [2.05, 4.69) is 25.8 Å². The Morgan fingerprint density at radius 3 is 2.62 bits per heavy atom. The van der Waals surface area contributed by atoms with Crippen LogP contribution in [0.5, 0.6) is 0 Å². The van der Waals surface area contributed by atoms with Crippen molar-refractivity contribution in [3.63, 3.8) is 0 Å². The van der Waals surface area contributed by atoms with Gasteiger partial charge in [-0.05, 0) is 56.7 Å². The van der Waals surface area contributed by atoms with E-state index in [0.29, 0.717) is 28.3 Å². The maximum absolute atomic E-state index is 14.4. The maximum Gasteiger partial charge on any atom is 0.340 e. The number of pyridine rings is 1. The lowest BCUT2D eigenvalue weighted by atomic mass is 9.81. The average molecular weight is 470 g/mol. The molecule has 0 radical (unpaired) electrons. The Morgan fingerprint density at radius 2 is 2.00 bits per heavy atom. The Hall–Kier alpha value is -3.62. The number of aromatic nitrogens is 3. The molecule has 1 aromatic carbocycles. The first kappa shape index (κ1) is 25.0. The minimum Gasteiger partial charge on any atom is -0.462 e. The fraction of sp³-hybridized carbons (Fsp3) is 0.360. The Labute approximate surface area is 198 Å². The van der Waals surface area contributed by atoms with Crippen molar-refractivity contribution >= 4 is 17.5 Å². The average Bonchev–Trinajstić information content (AvgIpc) is 2.82. The smallest absolute Gasteiger partial charge is 0.340 e. The summed E-state index contributed by atoms with van der Waals surface area (Å²) in [6.07, 6.45) is 0.446. The quantitative estimate of drug-likeness (QED) is 0.403. The molecule has 34 heavy (non-hydrogen) atoms. The molecule has 0 amide bonds. The number of alkyl halides is 1. The predicted molar refractivity (Wildman–Crippen MR) is 128 cm³/mol. The standard InChI is InChI=1S/C25H29F2N5O2/c1-5-34-24(33)18-13-17(8-9-21(18)28-4)20-10-11-22(32-31-20)30-15-25(3,14-16(2)26)23-19(27)7-6-12-29-23/h6-13,16,28H,5,14-15H2,1-4H3,(H,30,32)/t16-,25-/m0/s1. The summed E-state index contributed by atoms with van der Waals surface area (Å²) in [6, 6.07) is 11.6. The number of carbonyl (C=O) groups is 1. The zero-order chi connectivity index (χ0) is 24.7. The maximum atomic E-state index is 14.4. The fourth-order valence-corrected chi connectivity index (χ4v) is 3.87. The van der Waals surface area contributed by atoms with Gasteiger partial charge in [-0.25, -0.2) is 13.6 Å². The highest BCUT2D eigenvalue weighted by Crippen LogP contribution is 2.31. The van der Waals surface area contributed by atoms with Gasteiger partial charge in [0.05, 0.1) is 29.7 Å². The molecule has 3 rings (SSSR count). The summed E-state index contributed by atoms with van der Waals surface area (Å²) in [5.41, 5.74) is 1.63. The second kappa shape index (κ2) is 11.0. The lowest BCUT2D eigenvalue weighted by Gasteiger charge is -2.30. The molecular formula is C25H29F2N5O2. The molecule has 0 unspecified atom stereocenters. The summed E-state index contributed by atoms with van der Waals surface area (Å²) in [4.78, 5) is 16.5. The molecule has 2 N–H and O–H groups in total. The van der Waals surface area contributed by atoms with Crippen molar-refractivity contribution in [1.29, 1.82) is 0 Å². The van der Waals surface area contributed by atoms with Crippen molar-refractivity contribution < 1.29 is 18.3 Å². The molecule has 0 saturated heterocycles. The lowest BCUT2D eigenvalue weighted by Crippen LogP contribution is -2.35. The van der Waals surface area contributed by atoms with Gasteiger partial charge < -0.3 is 15.4 Å².